The molecule has 0 bridgehead atoms. The lowest BCUT2D eigenvalue weighted by molar-refractivity contribution is -0.127. The molecule has 1 saturated heterocycles. The summed E-state index contributed by atoms with van der Waals surface area (Å²) in [7, 11) is 0. The lowest BCUT2D eigenvalue weighted by Gasteiger charge is -2.34. The predicted octanol–water partition coefficient (Wildman–Crippen LogP) is -0.613. The van der Waals surface area contributed by atoms with E-state index in [2.05, 4.69) is 25.5 Å². The topological polar surface area (TPSA) is 70.2 Å². The number of nitrogens with one attached hydrogen (secondary N) is 2. The first-order valence-electron chi connectivity index (χ1n) is 6.28. The predicted molar refractivity (Wildman–Crippen MR) is 67.8 cm³/mol. The molecular formula is C12H19N5O. The van der Waals surface area contributed by atoms with Crippen LogP contribution in [0.25, 0.3) is 0 Å². The fourth-order valence-corrected chi connectivity index (χ4v) is 2.11. The number of hydrogen-bond donors (Lipinski definition) is 2. The number of hydrogen-bond acceptors (Lipinski definition) is 5. The Morgan fingerprint density at radius 1 is 1.61 bits per heavy atom. The molecule has 2 rings (SSSR count). The van der Waals surface area contributed by atoms with E-state index in [1.54, 1.807) is 18.6 Å². The lowest BCUT2D eigenvalue weighted by atomic mass is 10.1. The van der Waals surface area contributed by atoms with Gasteiger partial charge in [0.05, 0.1) is 5.69 Å². The van der Waals surface area contributed by atoms with Crippen LogP contribution in [-0.2, 0) is 11.3 Å². The van der Waals surface area contributed by atoms with Gasteiger partial charge in [0.25, 0.3) is 0 Å². The van der Waals surface area contributed by atoms with Crippen molar-refractivity contribution in [3.63, 3.8) is 0 Å². The largest absolute Gasteiger partial charge is 0.355 e. The quantitative estimate of drug-likeness (QED) is 0.745. The second-order valence-electron chi connectivity index (χ2n) is 4.28. The van der Waals surface area contributed by atoms with E-state index in [4.69, 9.17) is 0 Å². The third-order valence-electron chi connectivity index (χ3n) is 2.99. The smallest absolute Gasteiger partial charge is 0.238 e. The molecule has 1 aromatic rings. The average Bonchev–Trinajstić information content (AvgIpc) is 2.41. The van der Waals surface area contributed by atoms with Crippen LogP contribution < -0.4 is 10.6 Å². The fourth-order valence-electron chi connectivity index (χ4n) is 2.11. The normalized spacial score (nSPS) is 20.6. The van der Waals surface area contributed by atoms with Gasteiger partial charge in [0.1, 0.15) is 6.04 Å². The molecule has 1 amide bonds. The van der Waals surface area contributed by atoms with Crippen molar-refractivity contribution in [2.24, 2.45) is 0 Å². The minimum atomic E-state index is -0.124. The SMILES string of the molecule is CCNC(=O)C1CNCCN1Cc1cnccn1. The molecule has 1 aromatic heterocycles. The van der Waals surface area contributed by atoms with Crippen molar-refractivity contribution in [1.29, 1.82) is 0 Å². The Labute approximate surface area is 107 Å². The molecule has 6 nitrogen and oxygen atoms in total. The maximum atomic E-state index is 12.0. The molecule has 1 aliphatic heterocycles. The zero-order valence-electron chi connectivity index (χ0n) is 10.6. The number of piperazine rings is 1. The Hall–Kier alpha value is -1.53. The van der Waals surface area contributed by atoms with E-state index < -0.39 is 0 Å². The lowest BCUT2D eigenvalue weighted by Crippen LogP contribution is -2.57. The van der Waals surface area contributed by atoms with E-state index in [0.29, 0.717) is 19.6 Å². The monoisotopic (exact) mass is 249 g/mol. The highest BCUT2D eigenvalue weighted by Gasteiger charge is 2.28. The Morgan fingerprint density at radius 2 is 2.50 bits per heavy atom. The van der Waals surface area contributed by atoms with Gasteiger partial charge in [-0.2, -0.15) is 0 Å². The molecule has 0 aromatic carbocycles. The molecule has 1 fully saturated rings. The molecule has 0 radical (unpaired) electrons. The van der Waals surface area contributed by atoms with Gasteiger partial charge in [0.2, 0.25) is 5.91 Å². The number of rotatable bonds is 4. The van der Waals surface area contributed by atoms with Gasteiger partial charge >= 0.3 is 0 Å². The summed E-state index contributed by atoms with van der Waals surface area (Å²) in [5.74, 6) is 0.0774. The Balaban J connectivity index is 2.01. The van der Waals surface area contributed by atoms with Crippen molar-refractivity contribution in [3.8, 4) is 0 Å². The van der Waals surface area contributed by atoms with Crippen LogP contribution in [0, 0.1) is 0 Å². The van der Waals surface area contributed by atoms with Crippen LogP contribution in [0.4, 0.5) is 0 Å². The van der Waals surface area contributed by atoms with Gasteiger partial charge in [0, 0.05) is 51.3 Å². The number of aromatic nitrogens is 2. The number of amides is 1. The molecular weight excluding hydrogens is 230 g/mol. The van der Waals surface area contributed by atoms with Crippen LogP contribution in [0.2, 0.25) is 0 Å². The molecule has 0 aliphatic carbocycles. The van der Waals surface area contributed by atoms with Crippen molar-refractivity contribution < 1.29 is 4.79 Å². The molecule has 18 heavy (non-hydrogen) atoms. The molecule has 2 N–H and O–H groups in total. The van der Waals surface area contributed by atoms with Gasteiger partial charge in [0.15, 0.2) is 0 Å². The first-order valence-corrected chi connectivity index (χ1v) is 6.28. The van der Waals surface area contributed by atoms with Crippen LogP contribution in [0.5, 0.6) is 0 Å². The summed E-state index contributed by atoms with van der Waals surface area (Å²) in [5.41, 5.74) is 0.897. The minimum absolute atomic E-state index is 0.0774. The fraction of sp³-hybridized carbons (Fsp3) is 0.583. The van der Waals surface area contributed by atoms with Gasteiger partial charge in [-0.15, -0.1) is 0 Å². The zero-order chi connectivity index (χ0) is 12.8. The van der Waals surface area contributed by atoms with E-state index in [1.165, 1.54) is 0 Å². The molecule has 98 valence electrons. The third kappa shape index (κ3) is 3.24. The van der Waals surface area contributed by atoms with Gasteiger partial charge in [-0.25, -0.2) is 0 Å². The summed E-state index contributed by atoms with van der Waals surface area (Å²) >= 11 is 0. The van der Waals surface area contributed by atoms with Crippen molar-refractivity contribution in [2.45, 2.75) is 19.5 Å². The second-order valence-corrected chi connectivity index (χ2v) is 4.28. The maximum absolute atomic E-state index is 12.0. The van der Waals surface area contributed by atoms with Crippen LogP contribution in [0.3, 0.4) is 0 Å². The highest BCUT2D eigenvalue weighted by molar-refractivity contribution is 5.82. The summed E-state index contributed by atoms with van der Waals surface area (Å²) in [6.07, 6.45) is 5.08. The van der Waals surface area contributed by atoms with Crippen molar-refractivity contribution in [1.82, 2.24) is 25.5 Å². The summed E-state index contributed by atoms with van der Waals surface area (Å²) in [6, 6.07) is -0.124. The third-order valence-corrected chi connectivity index (χ3v) is 2.99. The van der Waals surface area contributed by atoms with E-state index in [9.17, 15) is 4.79 Å². The van der Waals surface area contributed by atoms with Gasteiger partial charge in [-0.05, 0) is 6.92 Å². The number of nitrogens with zero attached hydrogens (tertiary/aromatic N) is 3. The first-order chi connectivity index (χ1) is 8.81. The highest BCUT2D eigenvalue weighted by atomic mass is 16.2. The van der Waals surface area contributed by atoms with Crippen molar-refractivity contribution in [2.75, 3.05) is 26.2 Å². The standard InChI is InChI=1S/C12H19N5O/c1-2-15-12(18)11-8-14-5-6-17(11)9-10-7-13-3-4-16-10/h3-4,7,11,14H,2,5-6,8-9H2,1H3,(H,15,18). The summed E-state index contributed by atoms with van der Waals surface area (Å²) in [5, 5.41) is 6.13. The molecule has 6 heteroatoms. The molecule has 1 aliphatic rings. The molecule has 0 spiro atoms. The van der Waals surface area contributed by atoms with Gasteiger partial charge in [-0.1, -0.05) is 0 Å². The number of carbonyl (C=O) groups excluding carboxylic acids is 1. The molecule has 2 heterocycles. The Morgan fingerprint density at radius 3 is 3.22 bits per heavy atom. The molecule has 1 atom stereocenters. The highest BCUT2D eigenvalue weighted by Crippen LogP contribution is 2.08. The van der Waals surface area contributed by atoms with Crippen molar-refractivity contribution in [3.05, 3.63) is 24.3 Å². The Bertz CT molecular complexity index is 383. The number of likely N-dealkylation sites (N-methyl/N-ethyl adjacent to an activating group) is 1. The van der Waals surface area contributed by atoms with Gasteiger partial charge in [-0.3, -0.25) is 19.7 Å². The molecule has 1 unspecified atom stereocenters. The van der Waals surface area contributed by atoms with E-state index in [0.717, 1.165) is 18.8 Å². The second kappa shape index (κ2) is 6.42. The zero-order valence-corrected chi connectivity index (χ0v) is 10.6. The van der Waals surface area contributed by atoms with Crippen LogP contribution in [0.1, 0.15) is 12.6 Å². The van der Waals surface area contributed by atoms with Crippen LogP contribution in [-0.4, -0.2) is 53.0 Å². The first kappa shape index (κ1) is 12.9. The minimum Gasteiger partial charge on any atom is -0.355 e. The van der Waals surface area contributed by atoms with Crippen LogP contribution in [0.15, 0.2) is 18.6 Å². The average molecular weight is 249 g/mol. The molecule has 0 saturated carbocycles. The summed E-state index contributed by atoms with van der Waals surface area (Å²) < 4.78 is 0. The maximum Gasteiger partial charge on any atom is 0.238 e. The number of carbonyl (C=O) groups is 1. The van der Waals surface area contributed by atoms with Gasteiger partial charge < -0.3 is 10.6 Å². The van der Waals surface area contributed by atoms with E-state index >= 15 is 0 Å². The van der Waals surface area contributed by atoms with Crippen LogP contribution >= 0.6 is 0 Å². The summed E-state index contributed by atoms with van der Waals surface area (Å²) in [4.78, 5) is 22.4. The Kier molecular flexibility index (Phi) is 4.60. The summed E-state index contributed by atoms with van der Waals surface area (Å²) in [6.45, 7) is 5.69. The van der Waals surface area contributed by atoms with Crippen molar-refractivity contribution >= 4 is 5.91 Å². The van der Waals surface area contributed by atoms with E-state index in [1.807, 2.05) is 6.92 Å². The van der Waals surface area contributed by atoms with E-state index in [-0.39, 0.29) is 11.9 Å².